The molecule has 0 saturated carbocycles. The normalized spacial score (nSPS) is 14.1. The van der Waals surface area contributed by atoms with Gasteiger partial charge in [0.05, 0.1) is 16.8 Å². The lowest BCUT2D eigenvalue weighted by atomic mass is 10.2. The first-order valence-electron chi connectivity index (χ1n) is 8.34. The van der Waals surface area contributed by atoms with Crippen molar-refractivity contribution in [3.05, 3.63) is 35.9 Å². The van der Waals surface area contributed by atoms with Gasteiger partial charge in [0.15, 0.2) is 0 Å². The fourth-order valence-corrected chi connectivity index (χ4v) is 6.29. The molecule has 0 bridgehead atoms. The average molecular weight is 339 g/mol. The number of rotatable bonds is 5. The average Bonchev–Trinajstić information content (AvgIpc) is 2.21. The summed E-state index contributed by atoms with van der Waals surface area (Å²) in [6.45, 7) is 18.5. The predicted octanol–water partition coefficient (Wildman–Crippen LogP) is 5.15. The van der Waals surface area contributed by atoms with Crippen LogP contribution >= 0.6 is 0 Å². The molecule has 1 aromatic rings. The van der Waals surface area contributed by atoms with E-state index in [1.165, 1.54) is 5.56 Å². The minimum Gasteiger partial charge on any atom is -0.368 e. The Morgan fingerprint density at radius 2 is 1.00 bits per heavy atom. The van der Waals surface area contributed by atoms with Gasteiger partial charge in [-0.25, -0.2) is 0 Å². The molecule has 0 atom stereocenters. The summed E-state index contributed by atoms with van der Waals surface area (Å²) in [6.07, 6.45) is 0. The van der Waals surface area contributed by atoms with Crippen molar-refractivity contribution in [3.8, 4) is 0 Å². The molecule has 0 aliphatic rings. The maximum absolute atomic E-state index is 6.48. The van der Waals surface area contributed by atoms with Crippen LogP contribution in [-0.2, 0) is 19.3 Å². The van der Waals surface area contributed by atoms with Crippen LogP contribution in [0.1, 0.15) is 67.9 Å². The van der Waals surface area contributed by atoms with E-state index in [4.69, 9.17) is 13.3 Å². The molecule has 4 heteroatoms. The number of hydrogen-bond acceptors (Lipinski definition) is 3. The highest BCUT2D eigenvalue weighted by Crippen LogP contribution is 2.31. The van der Waals surface area contributed by atoms with E-state index in [1.807, 2.05) is 18.2 Å². The van der Waals surface area contributed by atoms with Gasteiger partial charge in [-0.05, 0) is 67.9 Å². The van der Waals surface area contributed by atoms with Crippen molar-refractivity contribution in [2.45, 2.75) is 85.2 Å². The maximum Gasteiger partial charge on any atom is 0.506 e. The second-order valence-corrected chi connectivity index (χ2v) is 11.3. The predicted molar refractivity (Wildman–Crippen MR) is 98.4 cm³/mol. The van der Waals surface area contributed by atoms with Crippen LogP contribution in [-0.4, -0.2) is 25.6 Å². The molecule has 0 N–H and O–H groups in total. The van der Waals surface area contributed by atoms with Crippen LogP contribution in [0.4, 0.5) is 0 Å². The van der Waals surface area contributed by atoms with Crippen LogP contribution in [0.3, 0.4) is 0 Å². The molecule has 0 radical (unpaired) electrons. The van der Waals surface area contributed by atoms with Crippen molar-refractivity contribution in [2.24, 2.45) is 0 Å². The third-order valence-electron chi connectivity index (χ3n) is 2.65. The van der Waals surface area contributed by atoms with Crippen LogP contribution in [0.2, 0.25) is 0 Å². The Kier molecular flexibility index (Phi) is 6.25. The summed E-state index contributed by atoms with van der Waals surface area (Å²) < 4.78 is 19.4. The molecule has 1 rings (SSSR count). The third kappa shape index (κ3) is 8.65. The Bertz CT molecular complexity index is 437. The molecule has 1 aromatic carbocycles. The summed E-state index contributed by atoms with van der Waals surface area (Å²) in [7, 11) is -2.94. The van der Waals surface area contributed by atoms with E-state index in [0.717, 1.165) is 0 Å². The highest BCUT2D eigenvalue weighted by Gasteiger charge is 2.50. The first-order chi connectivity index (χ1) is 10.2. The molecule has 0 aliphatic heterocycles. The van der Waals surface area contributed by atoms with Gasteiger partial charge in [0.1, 0.15) is 0 Å². The first kappa shape index (κ1) is 20.4. The van der Waals surface area contributed by atoms with E-state index in [2.05, 4.69) is 74.4 Å². The molecular weight excluding hydrogens is 304 g/mol. The quantitative estimate of drug-likeness (QED) is 0.695. The Balaban J connectivity index is 3.26. The fourth-order valence-electron chi connectivity index (χ4n) is 2.42. The highest BCUT2D eigenvalue weighted by molar-refractivity contribution is 6.60. The van der Waals surface area contributed by atoms with Crippen molar-refractivity contribution in [1.82, 2.24) is 0 Å². The minimum absolute atomic E-state index is 0.336. The van der Waals surface area contributed by atoms with Crippen molar-refractivity contribution in [2.75, 3.05) is 0 Å². The maximum atomic E-state index is 6.48. The fraction of sp³-hybridized carbons (Fsp3) is 0.684. The van der Waals surface area contributed by atoms with E-state index >= 15 is 0 Å². The van der Waals surface area contributed by atoms with Gasteiger partial charge in [-0.1, -0.05) is 30.3 Å². The van der Waals surface area contributed by atoms with E-state index in [-0.39, 0.29) is 16.8 Å². The highest BCUT2D eigenvalue weighted by atomic mass is 28.4. The van der Waals surface area contributed by atoms with Crippen LogP contribution in [0.25, 0.3) is 0 Å². The SMILES string of the molecule is CC(C)(C)O[Si](Cc1ccccc1)(OC(C)(C)C)OC(C)(C)C. The molecule has 0 spiro atoms. The van der Waals surface area contributed by atoms with Crippen molar-refractivity contribution >= 4 is 8.80 Å². The Hall–Kier alpha value is -0.683. The van der Waals surface area contributed by atoms with Gasteiger partial charge < -0.3 is 13.3 Å². The lowest BCUT2D eigenvalue weighted by Gasteiger charge is -2.43. The van der Waals surface area contributed by atoms with E-state index < -0.39 is 8.80 Å². The van der Waals surface area contributed by atoms with Gasteiger partial charge in [0, 0.05) is 6.04 Å². The number of benzene rings is 1. The second kappa shape index (κ2) is 7.05. The molecular formula is C19H34O3Si. The molecule has 0 saturated heterocycles. The van der Waals surface area contributed by atoms with Crippen molar-refractivity contribution in [3.63, 3.8) is 0 Å². The monoisotopic (exact) mass is 338 g/mol. The van der Waals surface area contributed by atoms with Crippen LogP contribution in [0, 0.1) is 0 Å². The van der Waals surface area contributed by atoms with Gasteiger partial charge in [-0.15, -0.1) is 0 Å². The molecule has 23 heavy (non-hydrogen) atoms. The molecule has 0 aromatic heterocycles. The van der Waals surface area contributed by atoms with Crippen LogP contribution in [0.5, 0.6) is 0 Å². The molecule has 3 nitrogen and oxygen atoms in total. The van der Waals surface area contributed by atoms with E-state index in [1.54, 1.807) is 0 Å². The Morgan fingerprint density at radius 3 is 1.30 bits per heavy atom. The van der Waals surface area contributed by atoms with E-state index in [9.17, 15) is 0 Å². The molecule has 0 fully saturated rings. The number of hydrogen-bond donors (Lipinski definition) is 0. The van der Waals surface area contributed by atoms with Gasteiger partial charge in [-0.3, -0.25) is 0 Å². The molecule has 0 aliphatic carbocycles. The van der Waals surface area contributed by atoms with E-state index in [0.29, 0.717) is 6.04 Å². The largest absolute Gasteiger partial charge is 0.506 e. The van der Waals surface area contributed by atoms with Crippen molar-refractivity contribution < 1.29 is 13.3 Å². The smallest absolute Gasteiger partial charge is 0.368 e. The molecule has 0 heterocycles. The van der Waals surface area contributed by atoms with Crippen LogP contribution < -0.4 is 0 Å². The molecule has 0 unspecified atom stereocenters. The summed E-state index contributed by atoms with van der Waals surface area (Å²) in [5.74, 6) is 0. The van der Waals surface area contributed by atoms with Gasteiger partial charge >= 0.3 is 8.80 Å². The molecule has 0 amide bonds. The summed E-state index contributed by atoms with van der Waals surface area (Å²) in [4.78, 5) is 0. The van der Waals surface area contributed by atoms with Gasteiger partial charge in [0.2, 0.25) is 0 Å². The Morgan fingerprint density at radius 1 is 0.652 bits per heavy atom. The van der Waals surface area contributed by atoms with Crippen molar-refractivity contribution in [1.29, 1.82) is 0 Å². The summed E-state index contributed by atoms with van der Waals surface area (Å²) in [6, 6.07) is 11.0. The zero-order chi connectivity index (χ0) is 17.9. The lowest BCUT2D eigenvalue weighted by Crippen LogP contribution is -2.59. The summed E-state index contributed by atoms with van der Waals surface area (Å²) in [5, 5.41) is 0. The van der Waals surface area contributed by atoms with Gasteiger partial charge in [-0.2, -0.15) is 0 Å². The molecule has 132 valence electrons. The summed E-state index contributed by atoms with van der Waals surface area (Å²) in [5.41, 5.74) is 0.170. The minimum atomic E-state index is -2.94. The standard InChI is InChI=1S/C19H34O3Si/c1-17(2,3)20-23(21-18(4,5)6,22-19(7,8)9)15-16-13-11-10-12-14-16/h10-14H,15H2,1-9H3. The van der Waals surface area contributed by atoms with Gasteiger partial charge in [0.25, 0.3) is 0 Å². The zero-order valence-corrected chi connectivity index (χ0v) is 17.3. The lowest BCUT2D eigenvalue weighted by molar-refractivity contribution is -0.0760. The topological polar surface area (TPSA) is 27.7 Å². The zero-order valence-electron chi connectivity index (χ0n) is 16.3. The summed E-state index contributed by atoms with van der Waals surface area (Å²) >= 11 is 0. The first-order valence-corrected chi connectivity index (χ1v) is 10.3. The van der Waals surface area contributed by atoms with Crippen LogP contribution in [0.15, 0.2) is 30.3 Å². The third-order valence-corrected chi connectivity index (χ3v) is 6.26. The second-order valence-electron chi connectivity index (χ2n) is 8.99. The Labute approximate surface area is 143 Å².